The van der Waals surface area contributed by atoms with E-state index in [0.717, 1.165) is 5.54 Å². The first-order valence-corrected chi connectivity index (χ1v) is 11.1. The Bertz CT molecular complexity index is 502. The van der Waals surface area contributed by atoms with Crippen LogP contribution in [0.3, 0.4) is 0 Å². The highest BCUT2D eigenvalue weighted by molar-refractivity contribution is 6.83. The monoisotopic (exact) mass is 286 g/mol. The molecule has 110 valence electrons. The van der Waals surface area contributed by atoms with Crippen LogP contribution in [-0.4, -0.2) is 8.07 Å². The van der Waals surface area contributed by atoms with Crippen molar-refractivity contribution in [1.82, 2.24) is 0 Å². The maximum absolute atomic E-state index is 2.60. The second-order valence-electron chi connectivity index (χ2n) is 7.35. The van der Waals surface area contributed by atoms with Gasteiger partial charge >= 0.3 is 0 Å². The largest absolute Gasteiger partial charge is 0.0845 e. The average molecular weight is 287 g/mol. The van der Waals surface area contributed by atoms with Crippen LogP contribution in [-0.2, 0) is 0 Å². The number of rotatable bonds is 2. The smallest absolute Gasteiger partial charge is 0.0695 e. The Hall–Kier alpha value is -0.823. The minimum absolute atomic E-state index is 0.319. The van der Waals surface area contributed by atoms with Gasteiger partial charge in [-0.25, -0.2) is 0 Å². The molecule has 1 heteroatoms. The van der Waals surface area contributed by atoms with E-state index >= 15 is 0 Å². The van der Waals surface area contributed by atoms with Gasteiger partial charge in [0.1, 0.15) is 0 Å². The lowest BCUT2D eigenvalue weighted by atomic mass is 10.0. The first-order chi connectivity index (χ1) is 9.30. The van der Waals surface area contributed by atoms with E-state index in [9.17, 15) is 0 Å². The molecule has 0 aromatic heterocycles. The van der Waals surface area contributed by atoms with Crippen LogP contribution in [0.15, 0.2) is 47.1 Å². The molecule has 0 heterocycles. The fraction of sp³-hybridized carbons (Fsp3) is 0.579. The van der Waals surface area contributed by atoms with Crippen molar-refractivity contribution in [2.24, 2.45) is 0 Å². The van der Waals surface area contributed by atoms with Crippen molar-refractivity contribution in [3.8, 4) is 0 Å². The molecular weight excluding hydrogens is 256 g/mol. The van der Waals surface area contributed by atoms with Crippen LogP contribution >= 0.6 is 0 Å². The van der Waals surface area contributed by atoms with E-state index in [2.05, 4.69) is 71.2 Å². The van der Waals surface area contributed by atoms with Crippen LogP contribution < -0.4 is 0 Å². The molecule has 0 N–H and O–H groups in total. The van der Waals surface area contributed by atoms with E-state index in [1.807, 2.05) is 0 Å². The molecule has 0 bridgehead atoms. The van der Waals surface area contributed by atoms with E-state index in [1.54, 1.807) is 5.57 Å². The Morgan fingerprint density at radius 3 is 2.45 bits per heavy atom. The maximum atomic E-state index is 2.60. The predicted octanol–water partition coefficient (Wildman–Crippen LogP) is 6.42. The van der Waals surface area contributed by atoms with E-state index in [-0.39, 0.29) is 0 Å². The molecule has 2 aliphatic rings. The van der Waals surface area contributed by atoms with Crippen LogP contribution in [0.25, 0.3) is 0 Å². The third-order valence-corrected chi connectivity index (χ3v) is 11.7. The first kappa shape index (κ1) is 15.6. The van der Waals surface area contributed by atoms with Gasteiger partial charge in [0.2, 0.25) is 0 Å². The van der Waals surface area contributed by atoms with Gasteiger partial charge in [-0.1, -0.05) is 61.5 Å². The zero-order valence-electron chi connectivity index (χ0n) is 14.1. The summed E-state index contributed by atoms with van der Waals surface area (Å²) in [5.41, 5.74) is 5.43. The van der Waals surface area contributed by atoms with Gasteiger partial charge in [-0.05, 0) is 51.1 Å². The lowest BCUT2D eigenvalue weighted by molar-refractivity contribution is 0.710. The molecule has 0 aromatic carbocycles. The van der Waals surface area contributed by atoms with Crippen LogP contribution in [0, 0.1) is 0 Å². The molecule has 0 fully saturated rings. The summed E-state index contributed by atoms with van der Waals surface area (Å²) in [5, 5.41) is 0.319. The summed E-state index contributed by atoms with van der Waals surface area (Å²) in [4.78, 5) is 0. The highest BCUT2D eigenvalue weighted by Crippen LogP contribution is 2.57. The molecule has 0 aromatic rings. The molecule has 2 rings (SSSR count). The highest BCUT2D eigenvalue weighted by atomic mass is 28.3. The van der Waals surface area contributed by atoms with E-state index in [4.69, 9.17) is 0 Å². The van der Waals surface area contributed by atoms with Gasteiger partial charge in [-0.15, -0.1) is 0 Å². The highest BCUT2D eigenvalue weighted by Gasteiger charge is 2.48. The molecule has 0 aliphatic heterocycles. The summed E-state index contributed by atoms with van der Waals surface area (Å²) in [6.07, 6.45) is 15.8. The predicted molar refractivity (Wildman–Crippen MR) is 93.9 cm³/mol. The van der Waals surface area contributed by atoms with Crippen LogP contribution in [0.5, 0.6) is 0 Å². The number of hydrogen-bond donors (Lipinski definition) is 0. The molecule has 0 saturated carbocycles. The molecule has 0 nitrogen and oxygen atoms in total. The zero-order valence-corrected chi connectivity index (χ0v) is 15.1. The van der Waals surface area contributed by atoms with Crippen molar-refractivity contribution in [1.29, 1.82) is 0 Å². The average Bonchev–Trinajstić information content (AvgIpc) is 2.54. The van der Waals surface area contributed by atoms with Crippen LogP contribution in [0.1, 0.15) is 47.0 Å². The summed E-state index contributed by atoms with van der Waals surface area (Å²) in [6, 6.07) is 0. The fourth-order valence-corrected chi connectivity index (χ4v) is 7.95. The topological polar surface area (TPSA) is 0 Å². The zero-order chi connectivity index (χ0) is 15.0. The molecule has 0 radical (unpaired) electrons. The molecule has 0 spiro atoms. The van der Waals surface area contributed by atoms with Gasteiger partial charge in [0.15, 0.2) is 0 Å². The molecule has 2 aliphatic carbocycles. The maximum Gasteiger partial charge on any atom is 0.0695 e. The SMILES string of the molecule is CC1=CC(C)([Si](C)(C)C2C=CC=CCCC2)C(C)=C1C. The van der Waals surface area contributed by atoms with Gasteiger partial charge in [-0.2, -0.15) is 0 Å². The summed E-state index contributed by atoms with van der Waals surface area (Å²) in [6.45, 7) is 14.6. The molecular formula is C19H30Si. The first-order valence-electron chi connectivity index (χ1n) is 8.02. The Morgan fingerprint density at radius 2 is 1.85 bits per heavy atom. The lowest BCUT2D eigenvalue weighted by Gasteiger charge is -2.45. The Labute approximate surface area is 126 Å². The molecule has 0 saturated heterocycles. The second kappa shape index (κ2) is 5.52. The Morgan fingerprint density at radius 1 is 1.15 bits per heavy atom. The van der Waals surface area contributed by atoms with E-state index in [0.29, 0.717) is 5.04 Å². The van der Waals surface area contributed by atoms with Crippen molar-refractivity contribution in [2.75, 3.05) is 0 Å². The van der Waals surface area contributed by atoms with Crippen molar-refractivity contribution in [3.05, 3.63) is 47.1 Å². The van der Waals surface area contributed by atoms with Gasteiger partial charge < -0.3 is 0 Å². The van der Waals surface area contributed by atoms with Crippen molar-refractivity contribution in [2.45, 2.75) is 70.6 Å². The molecule has 20 heavy (non-hydrogen) atoms. The number of allylic oxidation sites excluding steroid dienone is 8. The lowest BCUT2D eigenvalue weighted by Crippen LogP contribution is -2.44. The minimum atomic E-state index is -1.45. The van der Waals surface area contributed by atoms with Crippen molar-refractivity contribution in [3.63, 3.8) is 0 Å². The standard InChI is InChI=1S/C19H30Si/c1-15-14-19(4,17(3)16(15)2)20(5,6)18-12-10-8-7-9-11-13-18/h7-8,10,12,14,18H,9,11,13H2,1-6H3. The molecule has 0 amide bonds. The number of hydrogen-bond acceptors (Lipinski definition) is 0. The van der Waals surface area contributed by atoms with Crippen LogP contribution in [0.2, 0.25) is 23.7 Å². The van der Waals surface area contributed by atoms with Gasteiger partial charge in [-0.3, -0.25) is 0 Å². The molecule has 2 unspecified atom stereocenters. The van der Waals surface area contributed by atoms with E-state index in [1.165, 1.54) is 30.4 Å². The quantitative estimate of drug-likeness (QED) is 0.514. The Kier molecular flexibility index (Phi) is 4.29. The molecule has 2 atom stereocenters. The summed E-state index contributed by atoms with van der Waals surface area (Å²) in [7, 11) is -1.45. The van der Waals surface area contributed by atoms with Crippen molar-refractivity contribution < 1.29 is 0 Å². The van der Waals surface area contributed by atoms with Crippen LogP contribution in [0.4, 0.5) is 0 Å². The summed E-state index contributed by atoms with van der Waals surface area (Å²) < 4.78 is 0. The fourth-order valence-electron chi connectivity index (χ4n) is 3.92. The summed E-state index contributed by atoms with van der Waals surface area (Å²) in [5.74, 6) is 0. The van der Waals surface area contributed by atoms with Gasteiger partial charge in [0.05, 0.1) is 8.07 Å². The van der Waals surface area contributed by atoms with E-state index < -0.39 is 8.07 Å². The normalized spacial score (nSPS) is 31.3. The minimum Gasteiger partial charge on any atom is -0.0845 e. The third kappa shape index (κ3) is 2.41. The third-order valence-electron chi connectivity index (χ3n) is 6.18. The second-order valence-corrected chi connectivity index (χ2v) is 12.6. The van der Waals surface area contributed by atoms with Gasteiger partial charge in [0.25, 0.3) is 0 Å². The Balaban J connectivity index is 2.39. The van der Waals surface area contributed by atoms with Gasteiger partial charge in [0, 0.05) is 5.04 Å². The van der Waals surface area contributed by atoms with Crippen molar-refractivity contribution >= 4 is 8.07 Å². The summed E-state index contributed by atoms with van der Waals surface area (Å²) >= 11 is 0.